The zero-order chi connectivity index (χ0) is 23.3. The van der Waals surface area contributed by atoms with Gasteiger partial charge in [-0.1, -0.05) is 30.0 Å². The Morgan fingerprint density at radius 3 is 2.79 bits per heavy atom. The van der Waals surface area contributed by atoms with Crippen LogP contribution >= 0.6 is 23.1 Å². The molecule has 180 valence electrons. The second-order valence-electron chi connectivity index (χ2n) is 8.87. The molecule has 2 N–H and O–H groups in total. The number of thiophene rings is 1. The molecule has 0 spiro atoms. The fourth-order valence-electron chi connectivity index (χ4n) is 4.75. The number of benzene rings is 1. The van der Waals surface area contributed by atoms with E-state index in [4.69, 9.17) is 9.72 Å². The van der Waals surface area contributed by atoms with Crippen LogP contribution in [0.15, 0.2) is 40.3 Å². The second kappa shape index (κ2) is 11.0. The maximum Gasteiger partial charge on any atom is 0.267 e. The summed E-state index contributed by atoms with van der Waals surface area (Å²) in [7, 11) is 0. The van der Waals surface area contributed by atoms with Crippen molar-refractivity contribution < 1.29 is 14.4 Å². The minimum absolute atomic E-state index is 0.0213. The van der Waals surface area contributed by atoms with Crippen molar-refractivity contribution in [3.05, 3.63) is 51.1 Å². The normalized spacial score (nSPS) is 16.5. The standard InChI is InChI=1S/C25H30N4O3S2/c30-21(26-11-6-12-28-13-15-32-16-14-28)17-33-25-27-23-22(19-9-4-5-10-20(19)34-23)24(31)29(25)18-7-2-1-3-8-18/h1-3,7-8H,4-6,9-17H2,(H,26,30)/p+1. The number of hydrogen-bond acceptors (Lipinski definition) is 6. The first-order valence-corrected chi connectivity index (χ1v) is 13.9. The van der Waals surface area contributed by atoms with E-state index in [-0.39, 0.29) is 17.2 Å². The Balaban J connectivity index is 1.31. The van der Waals surface area contributed by atoms with Gasteiger partial charge in [-0.3, -0.25) is 14.2 Å². The quantitative estimate of drug-likeness (QED) is 0.281. The number of morpholine rings is 1. The monoisotopic (exact) mass is 499 g/mol. The largest absolute Gasteiger partial charge is 0.370 e. The third-order valence-electron chi connectivity index (χ3n) is 6.53. The van der Waals surface area contributed by atoms with Crippen LogP contribution in [0.4, 0.5) is 0 Å². The highest BCUT2D eigenvalue weighted by molar-refractivity contribution is 7.99. The van der Waals surface area contributed by atoms with Crippen molar-refractivity contribution in [2.24, 2.45) is 0 Å². The summed E-state index contributed by atoms with van der Waals surface area (Å²) in [6.45, 7) is 5.45. The number of carbonyl (C=O) groups excluding carboxylic acids is 1. The summed E-state index contributed by atoms with van der Waals surface area (Å²) in [5.41, 5.74) is 1.95. The maximum absolute atomic E-state index is 13.7. The van der Waals surface area contributed by atoms with Crippen LogP contribution in [0.3, 0.4) is 0 Å². The molecule has 0 unspecified atom stereocenters. The van der Waals surface area contributed by atoms with Crippen LogP contribution in [0.2, 0.25) is 0 Å². The number of thioether (sulfide) groups is 1. The molecular weight excluding hydrogens is 468 g/mol. The van der Waals surface area contributed by atoms with Gasteiger partial charge in [0.2, 0.25) is 5.91 Å². The molecule has 0 bridgehead atoms. The fourth-order valence-corrected chi connectivity index (χ4v) is 6.89. The molecule has 5 rings (SSSR count). The summed E-state index contributed by atoms with van der Waals surface area (Å²) in [4.78, 5) is 34.8. The first-order valence-electron chi connectivity index (χ1n) is 12.1. The van der Waals surface area contributed by atoms with E-state index in [9.17, 15) is 9.59 Å². The first kappa shape index (κ1) is 23.5. The van der Waals surface area contributed by atoms with E-state index in [1.807, 2.05) is 30.3 Å². The number of ether oxygens (including phenoxy) is 1. The topological polar surface area (TPSA) is 77.7 Å². The Morgan fingerprint density at radius 2 is 1.97 bits per heavy atom. The highest BCUT2D eigenvalue weighted by atomic mass is 32.2. The third kappa shape index (κ3) is 5.22. The number of aromatic nitrogens is 2. The summed E-state index contributed by atoms with van der Waals surface area (Å²) in [5.74, 6) is 0.210. The van der Waals surface area contributed by atoms with E-state index in [2.05, 4.69) is 5.32 Å². The molecule has 0 radical (unpaired) electrons. The summed E-state index contributed by atoms with van der Waals surface area (Å²) in [5, 5.41) is 4.37. The highest BCUT2D eigenvalue weighted by Crippen LogP contribution is 2.35. The van der Waals surface area contributed by atoms with E-state index < -0.39 is 0 Å². The van der Waals surface area contributed by atoms with E-state index >= 15 is 0 Å². The smallest absolute Gasteiger partial charge is 0.267 e. The molecule has 34 heavy (non-hydrogen) atoms. The van der Waals surface area contributed by atoms with Crippen molar-refractivity contribution in [2.75, 3.05) is 45.1 Å². The number of nitrogens with one attached hydrogen (secondary N) is 2. The molecule has 3 heterocycles. The van der Waals surface area contributed by atoms with Gasteiger partial charge in [0.15, 0.2) is 5.16 Å². The third-order valence-corrected chi connectivity index (χ3v) is 8.66. The van der Waals surface area contributed by atoms with Crippen molar-refractivity contribution in [1.82, 2.24) is 14.9 Å². The molecule has 1 saturated heterocycles. The number of amides is 1. The predicted octanol–water partition coefficient (Wildman–Crippen LogP) is 1.84. The minimum Gasteiger partial charge on any atom is -0.370 e. The summed E-state index contributed by atoms with van der Waals surface area (Å²) >= 11 is 2.98. The van der Waals surface area contributed by atoms with E-state index in [1.165, 1.54) is 33.5 Å². The van der Waals surface area contributed by atoms with Crippen LogP contribution < -0.4 is 15.8 Å². The van der Waals surface area contributed by atoms with Gasteiger partial charge in [0.05, 0.1) is 36.6 Å². The van der Waals surface area contributed by atoms with Gasteiger partial charge in [-0.15, -0.1) is 11.3 Å². The van der Waals surface area contributed by atoms with Gasteiger partial charge in [-0.25, -0.2) is 4.98 Å². The lowest BCUT2D eigenvalue weighted by atomic mass is 9.97. The van der Waals surface area contributed by atoms with Crippen LogP contribution in [0.25, 0.3) is 15.9 Å². The molecule has 9 heteroatoms. The van der Waals surface area contributed by atoms with Crippen molar-refractivity contribution in [1.29, 1.82) is 0 Å². The average molecular weight is 500 g/mol. The molecule has 2 aliphatic rings. The Bertz CT molecular complexity index is 1200. The van der Waals surface area contributed by atoms with E-state index in [0.717, 1.165) is 74.4 Å². The van der Waals surface area contributed by atoms with Gasteiger partial charge in [-0.2, -0.15) is 0 Å². The number of hydrogen-bond donors (Lipinski definition) is 2. The maximum atomic E-state index is 13.7. The number of nitrogens with zero attached hydrogens (tertiary/aromatic N) is 2. The van der Waals surface area contributed by atoms with Gasteiger partial charge < -0.3 is 15.0 Å². The predicted molar refractivity (Wildman–Crippen MR) is 137 cm³/mol. The molecule has 1 aliphatic heterocycles. The van der Waals surface area contributed by atoms with Crippen molar-refractivity contribution in [3.8, 4) is 5.69 Å². The highest BCUT2D eigenvalue weighted by Gasteiger charge is 2.23. The van der Waals surface area contributed by atoms with Crippen LogP contribution in [0.1, 0.15) is 29.7 Å². The summed E-state index contributed by atoms with van der Waals surface area (Å²) in [6.07, 6.45) is 5.21. The lowest BCUT2D eigenvalue weighted by Crippen LogP contribution is -3.14. The Kier molecular flexibility index (Phi) is 7.63. The van der Waals surface area contributed by atoms with Crippen LogP contribution in [0, 0.1) is 0 Å². The number of fused-ring (bicyclic) bond motifs is 3. The molecule has 7 nitrogen and oxygen atoms in total. The molecule has 2 aromatic heterocycles. The van der Waals surface area contributed by atoms with Crippen LogP contribution in [-0.2, 0) is 22.4 Å². The molecular formula is C25H31N4O3S2+. The average Bonchev–Trinajstić information content (AvgIpc) is 3.25. The molecule has 1 aliphatic carbocycles. The van der Waals surface area contributed by atoms with Gasteiger partial charge >= 0.3 is 0 Å². The number of aryl methyl sites for hydroxylation is 2. The van der Waals surface area contributed by atoms with E-state index in [1.54, 1.807) is 15.9 Å². The van der Waals surface area contributed by atoms with Gasteiger partial charge in [0.25, 0.3) is 5.56 Å². The molecule has 0 saturated carbocycles. The van der Waals surface area contributed by atoms with Crippen LogP contribution in [-0.4, -0.2) is 60.6 Å². The SMILES string of the molecule is O=C(CSc1nc2sc3c(c2c(=O)n1-c1ccccc1)CCCC3)NCCC[NH+]1CCOCC1. The molecule has 3 aromatic rings. The number of carbonyl (C=O) groups is 1. The van der Waals surface area contributed by atoms with Gasteiger partial charge in [0, 0.05) is 17.8 Å². The molecule has 0 atom stereocenters. The Morgan fingerprint density at radius 1 is 1.18 bits per heavy atom. The summed E-state index contributed by atoms with van der Waals surface area (Å²) in [6, 6.07) is 9.63. The summed E-state index contributed by atoms with van der Waals surface area (Å²) < 4.78 is 7.08. The van der Waals surface area contributed by atoms with Crippen LogP contribution in [0.5, 0.6) is 0 Å². The minimum atomic E-state index is -0.0265. The zero-order valence-electron chi connectivity index (χ0n) is 19.3. The second-order valence-corrected chi connectivity index (χ2v) is 10.9. The van der Waals surface area contributed by atoms with Crippen molar-refractivity contribution >= 4 is 39.2 Å². The Hall–Kier alpha value is -2.20. The van der Waals surface area contributed by atoms with Crippen molar-refractivity contribution in [3.63, 3.8) is 0 Å². The van der Waals surface area contributed by atoms with Gasteiger partial charge in [0.1, 0.15) is 17.9 Å². The van der Waals surface area contributed by atoms with Gasteiger partial charge in [-0.05, 0) is 43.4 Å². The fraction of sp³-hybridized carbons (Fsp3) is 0.480. The first-order chi connectivity index (χ1) is 16.7. The molecule has 1 fully saturated rings. The lowest BCUT2D eigenvalue weighted by molar-refractivity contribution is -0.908. The number of para-hydroxylation sites is 1. The lowest BCUT2D eigenvalue weighted by Gasteiger charge is -2.23. The van der Waals surface area contributed by atoms with E-state index in [0.29, 0.717) is 11.7 Å². The number of rotatable bonds is 8. The van der Waals surface area contributed by atoms with Crippen molar-refractivity contribution in [2.45, 2.75) is 37.3 Å². The number of quaternary nitrogens is 1. The zero-order valence-corrected chi connectivity index (χ0v) is 20.9. The molecule has 1 amide bonds. The molecule has 1 aromatic carbocycles. The Labute approximate surface area is 207 Å².